The monoisotopic (exact) mass is 195 g/mol. The molecule has 1 heteroatoms. The molecule has 1 saturated carbocycles. The third kappa shape index (κ3) is 4.69. The van der Waals surface area contributed by atoms with Gasteiger partial charge in [-0.1, -0.05) is 27.4 Å². The van der Waals surface area contributed by atoms with E-state index in [1.807, 2.05) is 0 Å². The molecule has 0 radical (unpaired) electrons. The summed E-state index contributed by atoms with van der Waals surface area (Å²) in [5, 5.41) is 3.44. The Morgan fingerprint density at radius 1 is 1.36 bits per heavy atom. The first kappa shape index (κ1) is 11.6. The standard InChI is InChI=1S/C13H25N/c1-10(2)11(3)5-6-12(4)14-9-13-7-8-13/h10-11,13-14H,4-9H2,1-3H3. The summed E-state index contributed by atoms with van der Waals surface area (Å²) in [6.07, 6.45) is 5.26. The van der Waals surface area contributed by atoms with Crippen LogP contribution in [0.15, 0.2) is 12.3 Å². The maximum absolute atomic E-state index is 4.07. The van der Waals surface area contributed by atoms with Crippen LogP contribution in [-0.4, -0.2) is 6.54 Å². The molecule has 0 saturated heterocycles. The van der Waals surface area contributed by atoms with Gasteiger partial charge in [0.2, 0.25) is 0 Å². The van der Waals surface area contributed by atoms with Crippen LogP contribution in [0.3, 0.4) is 0 Å². The maximum Gasteiger partial charge on any atom is 0.0172 e. The lowest BCUT2D eigenvalue weighted by atomic mass is 9.93. The van der Waals surface area contributed by atoms with E-state index in [0.717, 1.165) is 30.7 Å². The molecule has 82 valence electrons. The molecule has 0 heterocycles. The first-order valence-electron chi connectivity index (χ1n) is 6.01. The summed E-state index contributed by atoms with van der Waals surface area (Å²) in [6.45, 7) is 12.2. The minimum absolute atomic E-state index is 0.797. The van der Waals surface area contributed by atoms with E-state index >= 15 is 0 Å². The fourth-order valence-electron chi connectivity index (χ4n) is 1.43. The van der Waals surface area contributed by atoms with Gasteiger partial charge in [-0.05, 0) is 43.4 Å². The number of rotatable bonds is 7. The second kappa shape index (κ2) is 5.43. The van der Waals surface area contributed by atoms with Gasteiger partial charge in [-0.25, -0.2) is 0 Å². The minimum atomic E-state index is 0.797. The molecule has 0 aromatic rings. The molecular weight excluding hydrogens is 170 g/mol. The van der Waals surface area contributed by atoms with Crippen molar-refractivity contribution in [3.8, 4) is 0 Å². The van der Waals surface area contributed by atoms with Crippen LogP contribution < -0.4 is 5.32 Å². The molecule has 1 aliphatic rings. The van der Waals surface area contributed by atoms with Gasteiger partial charge in [0.25, 0.3) is 0 Å². The van der Waals surface area contributed by atoms with Crippen molar-refractivity contribution >= 4 is 0 Å². The molecule has 1 unspecified atom stereocenters. The number of allylic oxidation sites excluding steroid dienone is 1. The van der Waals surface area contributed by atoms with E-state index in [0.29, 0.717) is 0 Å². The van der Waals surface area contributed by atoms with Gasteiger partial charge in [-0.3, -0.25) is 0 Å². The van der Waals surface area contributed by atoms with Gasteiger partial charge in [0.1, 0.15) is 0 Å². The van der Waals surface area contributed by atoms with Crippen LogP contribution in [0.2, 0.25) is 0 Å². The van der Waals surface area contributed by atoms with Gasteiger partial charge in [-0.15, -0.1) is 0 Å². The van der Waals surface area contributed by atoms with Crippen molar-refractivity contribution < 1.29 is 0 Å². The number of hydrogen-bond acceptors (Lipinski definition) is 1. The van der Waals surface area contributed by atoms with E-state index in [4.69, 9.17) is 0 Å². The van der Waals surface area contributed by atoms with Crippen LogP contribution in [-0.2, 0) is 0 Å². The van der Waals surface area contributed by atoms with Gasteiger partial charge in [0.05, 0.1) is 0 Å². The summed E-state index contributed by atoms with van der Waals surface area (Å²) in [6, 6.07) is 0. The minimum Gasteiger partial charge on any atom is -0.389 e. The van der Waals surface area contributed by atoms with E-state index in [9.17, 15) is 0 Å². The van der Waals surface area contributed by atoms with Crippen LogP contribution in [0.25, 0.3) is 0 Å². The largest absolute Gasteiger partial charge is 0.389 e. The highest BCUT2D eigenvalue weighted by atomic mass is 14.9. The highest BCUT2D eigenvalue weighted by Gasteiger charge is 2.20. The summed E-state index contributed by atoms with van der Waals surface area (Å²) >= 11 is 0. The fourth-order valence-corrected chi connectivity index (χ4v) is 1.43. The fraction of sp³-hybridized carbons (Fsp3) is 0.846. The zero-order valence-corrected chi connectivity index (χ0v) is 9.97. The zero-order valence-electron chi connectivity index (χ0n) is 9.97. The quantitative estimate of drug-likeness (QED) is 0.655. The first-order chi connectivity index (χ1) is 6.59. The van der Waals surface area contributed by atoms with Crippen LogP contribution in [0.1, 0.15) is 46.5 Å². The third-order valence-electron chi connectivity index (χ3n) is 3.38. The molecule has 0 aliphatic heterocycles. The summed E-state index contributed by atoms with van der Waals surface area (Å²) in [5.41, 5.74) is 1.24. The van der Waals surface area contributed by atoms with Crippen molar-refractivity contribution in [2.24, 2.45) is 17.8 Å². The normalized spacial score (nSPS) is 18.3. The Kier molecular flexibility index (Phi) is 4.50. The summed E-state index contributed by atoms with van der Waals surface area (Å²) in [5.74, 6) is 2.56. The molecule has 0 spiro atoms. The van der Waals surface area contributed by atoms with E-state index < -0.39 is 0 Å². The molecule has 1 N–H and O–H groups in total. The molecule has 1 rings (SSSR count). The molecule has 14 heavy (non-hydrogen) atoms. The molecule has 1 aliphatic carbocycles. The Hall–Kier alpha value is -0.460. The lowest BCUT2D eigenvalue weighted by Crippen LogP contribution is -2.16. The average Bonchev–Trinajstić information content (AvgIpc) is 2.94. The van der Waals surface area contributed by atoms with Gasteiger partial charge in [0, 0.05) is 12.2 Å². The topological polar surface area (TPSA) is 12.0 Å². The molecule has 0 bridgehead atoms. The zero-order chi connectivity index (χ0) is 10.6. The van der Waals surface area contributed by atoms with Crippen LogP contribution >= 0.6 is 0 Å². The third-order valence-corrected chi connectivity index (χ3v) is 3.38. The van der Waals surface area contributed by atoms with E-state index in [-0.39, 0.29) is 0 Å². The molecule has 1 atom stereocenters. The Morgan fingerprint density at radius 3 is 2.50 bits per heavy atom. The van der Waals surface area contributed by atoms with Crippen molar-refractivity contribution in [3.63, 3.8) is 0 Å². The second-order valence-electron chi connectivity index (χ2n) is 5.19. The average molecular weight is 195 g/mol. The van der Waals surface area contributed by atoms with Gasteiger partial charge >= 0.3 is 0 Å². The highest BCUT2D eigenvalue weighted by molar-refractivity contribution is 4.93. The Balaban J connectivity index is 2.01. The van der Waals surface area contributed by atoms with E-state index in [1.165, 1.54) is 25.0 Å². The number of hydrogen-bond donors (Lipinski definition) is 1. The summed E-state index contributed by atoms with van der Waals surface area (Å²) in [4.78, 5) is 0. The van der Waals surface area contributed by atoms with E-state index in [2.05, 4.69) is 32.7 Å². The van der Waals surface area contributed by atoms with Gasteiger partial charge < -0.3 is 5.32 Å². The Bertz CT molecular complexity index is 180. The van der Waals surface area contributed by atoms with Crippen molar-refractivity contribution in [2.75, 3.05) is 6.54 Å². The Morgan fingerprint density at radius 2 is 2.00 bits per heavy atom. The Labute approximate surface area is 89.0 Å². The predicted octanol–water partition coefficient (Wildman–Crippen LogP) is 3.57. The highest BCUT2D eigenvalue weighted by Crippen LogP contribution is 2.28. The predicted molar refractivity (Wildman–Crippen MR) is 63.1 cm³/mol. The molecular formula is C13H25N. The van der Waals surface area contributed by atoms with E-state index in [1.54, 1.807) is 0 Å². The lowest BCUT2D eigenvalue weighted by molar-refractivity contribution is 0.389. The van der Waals surface area contributed by atoms with Gasteiger partial charge in [-0.2, -0.15) is 0 Å². The van der Waals surface area contributed by atoms with Crippen molar-refractivity contribution in [2.45, 2.75) is 46.5 Å². The molecule has 0 amide bonds. The lowest BCUT2D eigenvalue weighted by Gasteiger charge is -2.16. The van der Waals surface area contributed by atoms with Crippen LogP contribution in [0.4, 0.5) is 0 Å². The summed E-state index contributed by atoms with van der Waals surface area (Å²) in [7, 11) is 0. The molecule has 1 fully saturated rings. The van der Waals surface area contributed by atoms with Crippen molar-refractivity contribution in [3.05, 3.63) is 12.3 Å². The second-order valence-corrected chi connectivity index (χ2v) is 5.19. The van der Waals surface area contributed by atoms with Gasteiger partial charge in [0.15, 0.2) is 0 Å². The van der Waals surface area contributed by atoms with Crippen molar-refractivity contribution in [1.82, 2.24) is 5.32 Å². The molecule has 0 aromatic heterocycles. The summed E-state index contributed by atoms with van der Waals surface area (Å²) < 4.78 is 0. The van der Waals surface area contributed by atoms with Crippen LogP contribution in [0, 0.1) is 17.8 Å². The molecule has 0 aromatic carbocycles. The SMILES string of the molecule is C=C(CCC(C)C(C)C)NCC1CC1. The first-order valence-corrected chi connectivity index (χ1v) is 6.01. The molecule has 1 nitrogen and oxygen atoms in total. The van der Waals surface area contributed by atoms with Crippen molar-refractivity contribution in [1.29, 1.82) is 0 Å². The smallest absolute Gasteiger partial charge is 0.0172 e. The van der Waals surface area contributed by atoms with Crippen LogP contribution in [0.5, 0.6) is 0 Å². The number of nitrogens with one attached hydrogen (secondary N) is 1. The maximum atomic E-state index is 4.07.